The summed E-state index contributed by atoms with van der Waals surface area (Å²) in [6.45, 7) is 2.34. The zero-order chi connectivity index (χ0) is 14.3. The van der Waals surface area contributed by atoms with Gasteiger partial charge in [0.2, 0.25) is 5.70 Å². The molecule has 0 atom stereocenters. The summed E-state index contributed by atoms with van der Waals surface area (Å²) in [4.78, 5) is 14.6. The number of halogens is 1. The van der Waals surface area contributed by atoms with Crippen LogP contribution in [0.2, 0.25) is 5.15 Å². The average Bonchev–Trinajstić information content (AvgIpc) is 3.13. The molecule has 104 valence electrons. The molecular weight excluding hydrogens is 278 g/mol. The quantitative estimate of drug-likeness (QED) is 0.490. The van der Waals surface area contributed by atoms with E-state index in [2.05, 4.69) is 9.55 Å². The monoisotopic (exact) mass is 291 g/mol. The van der Waals surface area contributed by atoms with Crippen LogP contribution < -0.4 is 0 Å². The number of hydrogen-bond acceptors (Lipinski definition) is 3. The van der Waals surface area contributed by atoms with E-state index in [1.807, 2.05) is 12.1 Å². The van der Waals surface area contributed by atoms with E-state index < -0.39 is 0 Å². The molecule has 0 saturated heterocycles. The van der Waals surface area contributed by atoms with Gasteiger partial charge in [-0.2, -0.15) is 0 Å². The van der Waals surface area contributed by atoms with Crippen molar-refractivity contribution in [2.45, 2.75) is 26.3 Å². The number of pyridine rings is 1. The number of hydrogen-bond donors (Lipinski definition) is 0. The van der Waals surface area contributed by atoms with Crippen molar-refractivity contribution < 1.29 is 4.92 Å². The van der Waals surface area contributed by atoms with E-state index in [1.165, 1.54) is 19.8 Å². The summed E-state index contributed by atoms with van der Waals surface area (Å²) in [7, 11) is 0. The molecule has 0 aromatic carbocycles. The molecular formula is C14H14ClN3O2. The third-order valence-electron chi connectivity index (χ3n) is 3.58. The molecule has 1 fully saturated rings. The molecule has 0 amide bonds. The van der Waals surface area contributed by atoms with Crippen molar-refractivity contribution in [3.63, 3.8) is 0 Å². The first-order chi connectivity index (χ1) is 9.56. The molecule has 0 radical (unpaired) electrons. The SMILES string of the molecule is C/C(=C\c1cc2ccnc(Cl)c2n1CC1CC1)[N+](=O)[O-]. The summed E-state index contributed by atoms with van der Waals surface area (Å²) in [6.07, 6.45) is 5.66. The van der Waals surface area contributed by atoms with Crippen LogP contribution in [0.5, 0.6) is 0 Å². The number of rotatable bonds is 4. The molecule has 2 aromatic heterocycles. The Hall–Kier alpha value is -1.88. The Morgan fingerprint density at radius 3 is 3.05 bits per heavy atom. The van der Waals surface area contributed by atoms with Crippen molar-refractivity contribution in [3.05, 3.63) is 45.0 Å². The third-order valence-corrected chi connectivity index (χ3v) is 3.85. The van der Waals surface area contributed by atoms with Crippen molar-refractivity contribution in [2.24, 2.45) is 5.92 Å². The predicted molar refractivity (Wildman–Crippen MR) is 78.1 cm³/mol. The summed E-state index contributed by atoms with van der Waals surface area (Å²) in [5, 5.41) is 12.2. The highest BCUT2D eigenvalue weighted by molar-refractivity contribution is 6.33. The zero-order valence-corrected chi connectivity index (χ0v) is 11.8. The molecule has 2 aromatic rings. The summed E-state index contributed by atoms with van der Waals surface area (Å²) in [6, 6.07) is 3.81. The van der Waals surface area contributed by atoms with Gasteiger partial charge in [0.1, 0.15) is 0 Å². The fraction of sp³-hybridized carbons (Fsp3) is 0.357. The first kappa shape index (κ1) is 13.1. The van der Waals surface area contributed by atoms with Crippen molar-refractivity contribution >= 4 is 28.6 Å². The summed E-state index contributed by atoms with van der Waals surface area (Å²) >= 11 is 6.19. The van der Waals surface area contributed by atoms with Gasteiger partial charge in [-0.1, -0.05) is 11.6 Å². The van der Waals surface area contributed by atoms with Crippen LogP contribution in [-0.4, -0.2) is 14.5 Å². The Morgan fingerprint density at radius 2 is 2.40 bits per heavy atom. The second-order valence-electron chi connectivity index (χ2n) is 5.21. The minimum absolute atomic E-state index is 0.119. The van der Waals surface area contributed by atoms with Gasteiger partial charge < -0.3 is 4.57 Å². The van der Waals surface area contributed by atoms with Crippen LogP contribution in [0.25, 0.3) is 17.0 Å². The Kier molecular flexibility index (Phi) is 3.22. The lowest BCUT2D eigenvalue weighted by Crippen LogP contribution is -2.03. The fourth-order valence-corrected chi connectivity index (χ4v) is 2.60. The Bertz CT molecular complexity index is 717. The summed E-state index contributed by atoms with van der Waals surface area (Å²) in [5.41, 5.74) is 1.80. The Labute approximate surface area is 121 Å². The largest absolute Gasteiger partial charge is 0.338 e. The topological polar surface area (TPSA) is 61.0 Å². The van der Waals surface area contributed by atoms with Crippen LogP contribution in [0.15, 0.2) is 24.0 Å². The lowest BCUT2D eigenvalue weighted by Gasteiger charge is -2.08. The van der Waals surface area contributed by atoms with Crippen molar-refractivity contribution in [1.29, 1.82) is 0 Å². The molecule has 1 aliphatic rings. The molecule has 3 rings (SSSR count). The normalized spacial score (nSPS) is 15.8. The average molecular weight is 292 g/mol. The smallest absolute Gasteiger partial charge is 0.245 e. The number of nitrogens with zero attached hydrogens (tertiary/aromatic N) is 3. The van der Waals surface area contributed by atoms with Crippen LogP contribution in [0.3, 0.4) is 0 Å². The molecule has 1 saturated carbocycles. The molecule has 0 bridgehead atoms. The summed E-state index contributed by atoms with van der Waals surface area (Å²) in [5.74, 6) is 0.643. The van der Waals surface area contributed by atoms with E-state index in [0.29, 0.717) is 11.1 Å². The number of fused-ring (bicyclic) bond motifs is 1. The van der Waals surface area contributed by atoms with Crippen LogP contribution >= 0.6 is 11.6 Å². The second kappa shape index (κ2) is 4.90. The van der Waals surface area contributed by atoms with Gasteiger partial charge in [0.05, 0.1) is 10.4 Å². The van der Waals surface area contributed by atoms with E-state index in [9.17, 15) is 10.1 Å². The van der Waals surface area contributed by atoms with E-state index in [0.717, 1.165) is 23.1 Å². The van der Waals surface area contributed by atoms with Crippen LogP contribution in [-0.2, 0) is 6.54 Å². The molecule has 0 spiro atoms. The number of aromatic nitrogens is 2. The highest BCUT2D eigenvalue weighted by Crippen LogP contribution is 2.35. The molecule has 2 heterocycles. The molecule has 6 heteroatoms. The number of allylic oxidation sites excluding steroid dienone is 1. The second-order valence-corrected chi connectivity index (χ2v) is 5.56. The molecule has 0 N–H and O–H groups in total. The molecule has 0 aliphatic heterocycles. The van der Waals surface area contributed by atoms with E-state index in [-0.39, 0.29) is 10.6 Å². The molecule has 5 nitrogen and oxygen atoms in total. The Balaban J connectivity index is 2.17. The maximum Gasteiger partial charge on any atom is 0.245 e. The molecule has 20 heavy (non-hydrogen) atoms. The maximum absolute atomic E-state index is 10.8. The van der Waals surface area contributed by atoms with Gasteiger partial charge in [0.15, 0.2) is 5.15 Å². The third kappa shape index (κ3) is 2.41. The first-order valence-corrected chi connectivity index (χ1v) is 6.90. The van der Waals surface area contributed by atoms with Gasteiger partial charge in [0.25, 0.3) is 0 Å². The fourth-order valence-electron chi connectivity index (χ4n) is 2.33. The van der Waals surface area contributed by atoms with Gasteiger partial charge in [0, 0.05) is 36.8 Å². The standard InChI is InChI=1S/C14H14ClN3O2/c1-9(18(19)20)6-12-7-11-4-5-16-14(15)13(11)17(12)8-10-2-3-10/h4-7,10H,2-3,8H2,1H3/b9-6+. The van der Waals surface area contributed by atoms with Gasteiger partial charge in [-0.15, -0.1) is 0 Å². The minimum atomic E-state index is -0.376. The first-order valence-electron chi connectivity index (χ1n) is 6.52. The van der Waals surface area contributed by atoms with Gasteiger partial charge in [-0.05, 0) is 30.9 Å². The van der Waals surface area contributed by atoms with Crippen LogP contribution in [0.1, 0.15) is 25.5 Å². The Morgan fingerprint density at radius 1 is 1.65 bits per heavy atom. The minimum Gasteiger partial charge on any atom is -0.338 e. The van der Waals surface area contributed by atoms with E-state index >= 15 is 0 Å². The van der Waals surface area contributed by atoms with Crippen LogP contribution in [0, 0.1) is 16.0 Å². The van der Waals surface area contributed by atoms with Gasteiger partial charge in [-0.3, -0.25) is 10.1 Å². The van der Waals surface area contributed by atoms with Crippen molar-refractivity contribution in [3.8, 4) is 0 Å². The lowest BCUT2D eigenvalue weighted by molar-refractivity contribution is -0.422. The van der Waals surface area contributed by atoms with Gasteiger partial charge >= 0.3 is 0 Å². The van der Waals surface area contributed by atoms with Crippen LogP contribution in [0.4, 0.5) is 0 Å². The maximum atomic E-state index is 10.8. The lowest BCUT2D eigenvalue weighted by atomic mass is 10.3. The van der Waals surface area contributed by atoms with E-state index in [1.54, 1.807) is 12.3 Å². The zero-order valence-electron chi connectivity index (χ0n) is 11.0. The van der Waals surface area contributed by atoms with Crippen molar-refractivity contribution in [2.75, 3.05) is 0 Å². The molecule has 0 unspecified atom stereocenters. The summed E-state index contributed by atoms with van der Waals surface area (Å²) < 4.78 is 2.05. The highest BCUT2D eigenvalue weighted by Gasteiger charge is 2.24. The van der Waals surface area contributed by atoms with E-state index in [4.69, 9.17) is 11.6 Å². The van der Waals surface area contributed by atoms with Crippen molar-refractivity contribution in [1.82, 2.24) is 9.55 Å². The molecule has 1 aliphatic carbocycles. The predicted octanol–water partition coefficient (Wildman–Crippen LogP) is 3.74. The number of nitro groups is 1. The highest BCUT2D eigenvalue weighted by atomic mass is 35.5. The van der Waals surface area contributed by atoms with Gasteiger partial charge in [-0.25, -0.2) is 4.98 Å².